The number of nitrogens with zero attached hydrogens (tertiary/aromatic N) is 5. The first-order valence-electron chi connectivity index (χ1n) is 14.0. The van der Waals surface area contributed by atoms with Crippen molar-refractivity contribution >= 4 is 36.2 Å². The van der Waals surface area contributed by atoms with Gasteiger partial charge >= 0.3 is 0 Å². The Balaban J connectivity index is 1.26. The van der Waals surface area contributed by atoms with Gasteiger partial charge < -0.3 is 15.2 Å². The lowest BCUT2D eigenvalue weighted by Gasteiger charge is -2.28. The van der Waals surface area contributed by atoms with Crippen LogP contribution in [0.1, 0.15) is 30.9 Å². The average Bonchev–Trinajstić information content (AvgIpc) is 3.50. The Hall–Kier alpha value is -3.42. The number of allylic oxidation sites excluding steroid dienone is 4. The van der Waals surface area contributed by atoms with Gasteiger partial charge in [0.25, 0.3) is 0 Å². The molecule has 2 heterocycles. The summed E-state index contributed by atoms with van der Waals surface area (Å²) in [4.78, 5) is 11.5. The monoisotopic (exact) mass is 587 g/mol. The molecule has 2 fully saturated rings. The van der Waals surface area contributed by atoms with Crippen molar-refractivity contribution in [2.75, 3.05) is 37.1 Å². The fraction of sp³-hybridized carbons (Fsp3) is 0.419. The topological polar surface area (TPSA) is 118 Å². The number of nitriles is 2. The number of likely N-dealkylation sites (tertiary alicyclic amines) is 1. The van der Waals surface area contributed by atoms with Gasteiger partial charge in [-0.15, -0.1) is 0 Å². The van der Waals surface area contributed by atoms with Gasteiger partial charge in [-0.3, -0.25) is 4.90 Å². The summed E-state index contributed by atoms with van der Waals surface area (Å²) in [6, 6.07) is 11.6. The first-order chi connectivity index (χ1) is 19.6. The predicted octanol–water partition coefficient (Wildman–Crippen LogP) is 6.72. The fourth-order valence-corrected chi connectivity index (χ4v) is 7.42. The maximum atomic E-state index is 13.0. The van der Waals surface area contributed by atoms with Crippen LogP contribution in [-0.4, -0.2) is 47.3 Å². The zero-order valence-electron chi connectivity index (χ0n) is 23.7. The number of rotatable bonds is 8. The Morgan fingerprint density at radius 1 is 1.20 bits per heavy atom. The van der Waals surface area contributed by atoms with Crippen molar-refractivity contribution in [1.82, 2.24) is 14.9 Å². The Labute approximate surface area is 247 Å². The highest BCUT2D eigenvalue weighted by molar-refractivity contribution is 7.67. The largest absolute Gasteiger partial charge is 0.339 e. The van der Waals surface area contributed by atoms with E-state index in [1.807, 2.05) is 0 Å². The lowest BCUT2D eigenvalue weighted by Crippen LogP contribution is -2.35. The van der Waals surface area contributed by atoms with Crippen LogP contribution in [0.25, 0.3) is 0 Å². The molecule has 1 aromatic heterocycles. The van der Waals surface area contributed by atoms with E-state index in [-0.39, 0.29) is 0 Å². The van der Waals surface area contributed by atoms with Crippen LogP contribution in [0.3, 0.4) is 0 Å². The Morgan fingerprint density at radius 2 is 1.90 bits per heavy atom. The third-order valence-electron chi connectivity index (χ3n) is 8.48. The first kappa shape index (κ1) is 29.1. The van der Waals surface area contributed by atoms with Crippen molar-refractivity contribution in [3.8, 4) is 12.1 Å². The van der Waals surface area contributed by atoms with Crippen molar-refractivity contribution in [3.05, 3.63) is 75.9 Å². The summed E-state index contributed by atoms with van der Waals surface area (Å²) in [5, 5.41) is 25.7. The zero-order valence-corrected chi connectivity index (χ0v) is 25.3. The zero-order chi connectivity index (χ0) is 29.3. The third-order valence-corrected chi connectivity index (χ3v) is 10.3. The van der Waals surface area contributed by atoms with Crippen molar-refractivity contribution in [3.63, 3.8) is 0 Å². The van der Waals surface area contributed by atoms with Gasteiger partial charge in [-0.2, -0.15) is 15.5 Å². The lowest BCUT2D eigenvalue weighted by molar-refractivity contribution is 0.195. The molecule has 10 heteroatoms. The molecule has 2 N–H and O–H groups in total. The summed E-state index contributed by atoms with van der Waals surface area (Å²) >= 11 is 6.40. The molecule has 5 rings (SSSR count). The molecule has 3 atom stereocenters. The van der Waals surface area contributed by atoms with Crippen LogP contribution in [-0.2, 0) is 17.4 Å². The van der Waals surface area contributed by atoms with E-state index in [1.54, 1.807) is 32.4 Å². The second kappa shape index (κ2) is 11.8. The van der Waals surface area contributed by atoms with E-state index in [0.29, 0.717) is 57.2 Å². The number of aromatic nitrogens is 2. The van der Waals surface area contributed by atoms with Crippen LogP contribution in [0.4, 0.5) is 17.5 Å². The Kier molecular flexibility index (Phi) is 8.39. The van der Waals surface area contributed by atoms with E-state index >= 15 is 0 Å². The minimum Gasteiger partial charge on any atom is -0.339 e. The molecule has 0 bridgehead atoms. The van der Waals surface area contributed by atoms with Crippen LogP contribution in [0.15, 0.2) is 59.7 Å². The van der Waals surface area contributed by atoms with Crippen molar-refractivity contribution in [2.24, 2.45) is 17.8 Å². The quantitative estimate of drug-likeness (QED) is 0.151. The number of hydrogen-bond donors (Lipinski definition) is 2. The fourth-order valence-electron chi connectivity index (χ4n) is 6.13. The molecule has 2 aromatic rings. The molecule has 0 spiro atoms. The van der Waals surface area contributed by atoms with E-state index in [1.165, 1.54) is 17.3 Å². The molecule has 212 valence electrons. The molecule has 41 heavy (non-hydrogen) atoms. The molecule has 2 unspecified atom stereocenters. The lowest BCUT2D eigenvalue weighted by atomic mass is 10.0. The number of benzene rings is 1. The number of nitrogens with one attached hydrogen (secondary N) is 2. The van der Waals surface area contributed by atoms with Crippen LogP contribution >= 0.6 is 18.7 Å². The number of aryl methyl sites for hydroxylation is 2. The molecule has 8 nitrogen and oxygen atoms in total. The van der Waals surface area contributed by atoms with E-state index in [4.69, 9.17) is 11.6 Å². The van der Waals surface area contributed by atoms with Gasteiger partial charge in [-0.1, -0.05) is 30.3 Å². The summed E-state index contributed by atoms with van der Waals surface area (Å²) in [6.07, 6.45) is 9.08. The van der Waals surface area contributed by atoms with Crippen LogP contribution in [0, 0.1) is 40.4 Å². The minimum absolute atomic E-state index is 0.290. The molecule has 0 amide bonds. The third kappa shape index (κ3) is 6.41. The number of fused-ring (bicyclic) bond motifs is 2. The van der Waals surface area contributed by atoms with Crippen molar-refractivity contribution in [1.29, 1.82) is 10.5 Å². The average molecular weight is 588 g/mol. The highest BCUT2D eigenvalue weighted by Crippen LogP contribution is 2.52. The molecular weight excluding hydrogens is 553 g/mol. The molecule has 1 saturated heterocycles. The number of anilines is 3. The molecule has 2 aliphatic carbocycles. The van der Waals surface area contributed by atoms with E-state index < -0.39 is 7.14 Å². The number of hydrogen-bond acceptors (Lipinski definition) is 8. The van der Waals surface area contributed by atoms with Gasteiger partial charge in [0.05, 0.1) is 24.3 Å². The number of halogens is 1. The second-order valence-corrected chi connectivity index (χ2v) is 15.1. The number of piperidine rings is 1. The molecular formula is C31H35ClN7OP. The van der Waals surface area contributed by atoms with Crippen LogP contribution in [0.5, 0.6) is 0 Å². The van der Waals surface area contributed by atoms with Gasteiger partial charge in [0.2, 0.25) is 5.95 Å². The Morgan fingerprint density at radius 3 is 2.54 bits per heavy atom. The normalized spacial score (nSPS) is 24.3. The van der Waals surface area contributed by atoms with E-state index in [0.717, 1.165) is 44.5 Å². The molecule has 1 saturated carbocycles. The highest BCUT2D eigenvalue weighted by Gasteiger charge is 2.56. The summed E-state index contributed by atoms with van der Waals surface area (Å²) in [5.41, 5.74) is 4.37. The Bertz CT molecular complexity index is 1550. The maximum absolute atomic E-state index is 13.0. The van der Waals surface area contributed by atoms with Crippen molar-refractivity contribution < 1.29 is 4.57 Å². The molecule has 1 aromatic carbocycles. The van der Waals surface area contributed by atoms with Crippen LogP contribution < -0.4 is 10.6 Å². The van der Waals surface area contributed by atoms with Gasteiger partial charge in [0.1, 0.15) is 12.2 Å². The van der Waals surface area contributed by atoms with Crippen molar-refractivity contribution in [2.45, 2.75) is 38.6 Å². The van der Waals surface area contributed by atoms with Gasteiger partial charge in [0.15, 0.2) is 5.82 Å². The summed E-state index contributed by atoms with van der Waals surface area (Å²) in [5.74, 6) is 2.17. The molecule has 1 aliphatic heterocycles. The summed E-state index contributed by atoms with van der Waals surface area (Å²) in [7, 11) is -2.77. The SMILES string of the molecule is C=C(Nc1nc(Nc2ccc3c(c2)CC[C@@H](N2CC4C(C#N)C4C2)CC3)ncc1Cl)/C(=C\C(C#N)=C/C)P(C)(C)=O. The first-order valence-corrected chi connectivity index (χ1v) is 16.9. The van der Waals surface area contributed by atoms with Gasteiger partial charge in [-0.05, 0) is 87.1 Å². The predicted molar refractivity (Wildman–Crippen MR) is 165 cm³/mol. The van der Waals surface area contributed by atoms with Gasteiger partial charge in [-0.25, -0.2) is 4.98 Å². The molecule has 3 aliphatic rings. The highest BCUT2D eigenvalue weighted by atomic mass is 35.5. The van der Waals surface area contributed by atoms with E-state index in [9.17, 15) is 15.1 Å². The van der Waals surface area contributed by atoms with Crippen LogP contribution in [0.2, 0.25) is 5.02 Å². The smallest absolute Gasteiger partial charge is 0.229 e. The second-order valence-electron chi connectivity index (χ2n) is 11.5. The van der Waals surface area contributed by atoms with E-state index in [2.05, 4.69) is 62.4 Å². The summed E-state index contributed by atoms with van der Waals surface area (Å²) in [6.45, 7) is 11.2. The van der Waals surface area contributed by atoms with Gasteiger partial charge in [0, 0.05) is 41.4 Å². The standard InChI is InChI=1S/C31H35ClN7OP/c1-5-20(14-33)12-29(41(3,4)40)19(2)36-30-28(32)16-35-31(38-30)37-23-9-6-21-7-10-24(11-8-22(21)13-23)39-17-26-25(15-34)27(26)18-39/h5-6,9,12-13,16,24-27H,2,7-8,10-11,17-18H2,1,3-4H3,(H2,35,36,37,38)/b20-5+,29-12+/t24-,25?,26?,27?/m0/s1. The molecule has 0 radical (unpaired) electrons. The minimum atomic E-state index is -2.77. The summed E-state index contributed by atoms with van der Waals surface area (Å²) < 4.78 is 13.0. The maximum Gasteiger partial charge on any atom is 0.229 e.